The first kappa shape index (κ1) is 13.2. The van der Waals surface area contributed by atoms with Gasteiger partial charge in [0.15, 0.2) is 6.61 Å². The molecular formula is C13H17N3O3. The van der Waals surface area contributed by atoms with Gasteiger partial charge in [-0.05, 0) is 18.6 Å². The lowest BCUT2D eigenvalue weighted by Crippen LogP contribution is -2.34. The summed E-state index contributed by atoms with van der Waals surface area (Å²) in [5, 5.41) is 0. The molecule has 1 aliphatic rings. The number of carbonyl (C=O) groups is 2. The maximum absolute atomic E-state index is 11.9. The van der Waals surface area contributed by atoms with Gasteiger partial charge in [0.2, 0.25) is 5.91 Å². The number of hydrogen-bond donors (Lipinski definition) is 2. The van der Waals surface area contributed by atoms with Crippen molar-refractivity contribution in [2.75, 3.05) is 25.4 Å². The standard InChI is InChI=1S/C13H17N3O3/c14-10-2-1-3-11(6-10)19-8-12(17)16-5-4-9(7-16)13(15)18/h1-3,6,9H,4-5,7-8,14H2,(H2,15,18). The number of carbonyl (C=O) groups excluding carboxylic acids is 2. The zero-order chi connectivity index (χ0) is 13.8. The van der Waals surface area contributed by atoms with Gasteiger partial charge in [0.05, 0.1) is 5.92 Å². The first-order valence-electron chi connectivity index (χ1n) is 6.11. The van der Waals surface area contributed by atoms with Crippen LogP contribution in [0, 0.1) is 5.92 Å². The molecule has 6 nitrogen and oxygen atoms in total. The zero-order valence-electron chi connectivity index (χ0n) is 10.5. The molecule has 0 spiro atoms. The third-order valence-corrected chi connectivity index (χ3v) is 3.16. The Labute approximate surface area is 111 Å². The highest BCUT2D eigenvalue weighted by atomic mass is 16.5. The van der Waals surface area contributed by atoms with Crippen molar-refractivity contribution in [3.63, 3.8) is 0 Å². The zero-order valence-corrected chi connectivity index (χ0v) is 10.5. The molecule has 4 N–H and O–H groups in total. The fourth-order valence-corrected chi connectivity index (χ4v) is 2.06. The number of hydrogen-bond acceptors (Lipinski definition) is 4. The highest BCUT2D eigenvalue weighted by Gasteiger charge is 2.29. The third kappa shape index (κ3) is 3.37. The van der Waals surface area contributed by atoms with E-state index in [1.165, 1.54) is 0 Å². The third-order valence-electron chi connectivity index (χ3n) is 3.16. The van der Waals surface area contributed by atoms with Crippen LogP contribution in [0.25, 0.3) is 0 Å². The Morgan fingerprint density at radius 2 is 2.21 bits per heavy atom. The number of likely N-dealkylation sites (tertiary alicyclic amines) is 1. The molecule has 0 aliphatic carbocycles. The van der Waals surface area contributed by atoms with E-state index >= 15 is 0 Å². The topological polar surface area (TPSA) is 98.7 Å². The molecule has 1 aromatic carbocycles. The predicted molar refractivity (Wildman–Crippen MR) is 70.2 cm³/mol. The van der Waals surface area contributed by atoms with Crippen LogP contribution in [0.2, 0.25) is 0 Å². The summed E-state index contributed by atoms with van der Waals surface area (Å²) in [5.41, 5.74) is 11.4. The minimum absolute atomic E-state index is 0.0606. The summed E-state index contributed by atoms with van der Waals surface area (Å²) in [6.07, 6.45) is 0.624. The van der Waals surface area contributed by atoms with Crippen LogP contribution >= 0.6 is 0 Å². The van der Waals surface area contributed by atoms with Crippen molar-refractivity contribution < 1.29 is 14.3 Å². The Morgan fingerprint density at radius 3 is 2.84 bits per heavy atom. The van der Waals surface area contributed by atoms with E-state index in [0.29, 0.717) is 30.9 Å². The second-order valence-electron chi connectivity index (χ2n) is 4.59. The van der Waals surface area contributed by atoms with Crippen molar-refractivity contribution in [1.82, 2.24) is 4.90 Å². The molecule has 0 saturated carbocycles. The predicted octanol–water partition coefficient (Wildman–Crippen LogP) is -0.0186. The minimum atomic E-state index is -0.355. The van der Waals surface area contributed by atoms with Crippen molar-refractivity contribution >= 4 is 17.5 Å². The average Bonchev–Trinajstić information content (AvgIpc) is 2.86. The summed E-state index contributed by atoms with van der Waals surface area (Å²) in [7, 11) is 0. The van der Waals surface area contributed by atoms with Crippen LogP contribution in [0.1, 0.15) is 6.42 Å². The Morgan fingerprint density at radius 1 is 1.42 bits per heavy atom. The van der Waals surface area contributed by atoms with E-state index in [4.69, 9.17) is 16.2 Å². The highest BCUT2D eigenvalue weighted by molar-refractivity contribution is 5.81. The fraction of sp³-hybridized carbons (Fsp3) is 0.385. The lowest BCUT2D eigenvalue weighted by atomic mass is 10.1. The second kappa shape index (κ2) is 5.60. The molecule has 1 aliphatic heterocycles. The van der Waals surface area contributed by atoms with Crippen LogP contribution < -0.4 is 16.2 Å². The molecule has 102 valence electrons. The maximum atomic E-state index is 11.9. The molecule has 1 heterocycles. The van der Waals surface area contributed by atoms with Gasteiger partial charge >= 0.3 is 0 Å². The molecule has 0 aromatic heterocycles. The first-order chi connectivity index (χ1) is 9.06. The first-order valence-corrected chi connectivity index (χ1v) is 6.11. The fourth-order valence-electron chi connectivity index (χ4n) is 2.06. The quantitative estimate of drug-likeness (QED) is 0.746. The van der Waals surface area contributed by atoms with Crippen LogP contribution in [-0.2, 0) is 9.59 Å². The molecule has 1 aromatic rings. The number of primary amides is 1. The molecule has 1 unspecified atom stereocenters. The molecule has 6 heteroatoms. The van der Waals surface area contributed by atoms with Gasteiger partial charge in [-0.1, -0.05) is 6.07 Å². The molecule has 2 rings (SSSR count). The van der Waals surface area contributed by atoms with Crippen LogP contribution in [0.4, 0.5) is 5.69 Å². The van der Waals surface area contributed by atoms with E-state index in [-0.39, 0.29) is 24.3 Å². The number of nitrogens with zero attached hydrogens (tertiary/aromatic N) is 1. The SMILES string of the molecule is NC(=O)C1CCN(C(=O)COc2cccc(N)c2)C1. The van der Waals surface area contributed by atoms with Gasteiger partial charge in [-0.2, -0.15) is 0 Å². The molecule has 0 radical (unpaired) electrons. The van der Waals surface area contributed by atoms with Gasteiger partial charge in [0, 0.05) is 24.8 Å². The number of ether oxygens (including phenoxy) is 1. The Bertz CT molecular complexity index is 490. The number of rotatable bonds is 4. The van der Waals surface area contributed by atoms with Crippen molar-refractivity contribution in [2.45, 2.75) is 6.42 Å². The van der Waals surface area contributed by atoms with Crippen molar-refractivity contribution in [2.24, 2.45) is 11.7 Å². The van der Waals surface area contributed by atoms with Gasteiger partial charge in [-0.3, -0.25) is 9.59 Å². The van der Waals surface area contributed by atoms with Crippen molar-refractivity contribution in [1.29, 1.82) is 0 Å². The second-order valence-corrected chi connectivity index (χ2v) is 4.59. The number of benzene rings is 1. The summed E-state index contributed by atoms with van der Waals surface area (Å²) in [6.45, 7) is 0.871. The Hall–Kier alpha value is -2.24. The van der Waals surface area contributed by atoms with Gasteiger partial charge in [0.1, 0.15) is 5.75 Å². The van der Waals surface area contributed by atoms with Crippen molar-refractivity contribution in [3.05, 3.63) is 24.3 Å². The Balaban J connectivity index is 1.84. The van der Waals surface area contributed by atoms with E-state index < -0.39 is 0 Å². The van der Waals surface area contributed by atoms with Crippen LogP contribution in [0.3, 0.4) is 0 Å². The lowest BCUT2D eigenvalue weighted by molar-refractivity contribution is -0.132. The summed E-state index contributed by atoms with van der Waals surface area (Å²) < 4.78 is 5.37. The number of nitrogen functional groups attached to an aromatic ring is 1. The largest absolute Gasteiger partial charge is 0.484 e. The summed E-state index contributed by atoms with van der Waals surface area (Å²) in [6, 6.07) is 6.89. The van der Waals surface area contributed by atoms with Crippen LogP contribution in [0.15, 0.2) is 24.3 Å². The van der Waals surface area contributed by atoms with E-state index in [1.807, 2.05) is 0 Å². The molecule has 2 amide bonds. The number of amides is 2. The number of nitrogens with two attached hydrogens (primary N) is 2. The van der Waals surface area contributed by atoms with E-state index in [2.05, 4.69) is 0 Å². The number of anilines is 1. The molecule has 1 fully saturated rings. The molecule has 19 heavy (non-hydrogen) atoms. The monoisotopic (exact) mass is 263 g/mol. The normalized spacial score (nSPS) is 18.3. The van der Waals surface area contributed by atoms with Crippen LogP contribution in [0.5, 0.6) is 5.75 Å². The molecule has 1 atom stereocenters. The smallest absolute Gasteiger partial charge is 0.260 e. The lowest BCUT2D eigenvalue weighted by Gasteiger charge is -2.16. The summed E-state index contributed by atoms with van der Waals surface area (Å²) in [5.74, 6) is -0.187. The van der Waals surface area contributed by atoms with Gasteiger partial charge in [0.25, 0.3) is 5.91 Å². The minimum Gasteiger partial charge on any atom is -0.484 e. The maximum Gasteiger partial charge on any atom is 0.260 e. The van der Waals surface area contributed by atoms with Crippen molar-refractivity contribution in [3.8, 4) is 5.75 Å². The van der Waals surface area contributed by atoms with E-state index in [0.717, 1.165) is 0 Å². The molecule has 1 saturated heterocycles. The van der Waals surface area contributed by atoms with Gasteiger partial charge in [-0.15, -0.1) is 0 Å². The average molecular weight is 263 g/mol. The van der Waals surface area contributed by atoms with Gasteiger partial charge in [-0.25, -0.2) is 0 Å². The van der Waals surface area contributed by atoms with Crippen LogP contribution in [-0.4, -0.2) is 36.4 Å². The highest BCUT2D eigenvalue weighted by Crippen LogP contribution is 2.17. The summed E-state index contributed by atoms with van der Waals surface area (Å²) in [4.78, 5) is 24.5. The summed E-state index contributed by atoms with van der Waals surface area (Å²) >= 11 is 0. The molecular weight excluding hydrogens is 246 g/mol. The van der Waals surface area contributed by atoms with E-state index in [1.54, 1.807) is 29.2 Å². The molecule has 0 bridgehead atoms. The van der Waals surface area contributed by atoms with Gasteiger partial charge < -0.3 is 21.1 Å². The Kier molecular flexibility index (Phi) is 3.89. The van der Waals surface area contributed by atoms with E-state index in [9.17, 15) is 9.59 Å².